The summed E-state index contributed by atoms with van der Waals surface area (Å²) in [7, 11) is 0. The molecule has 4 atom stereocenters. The van der Waals surface area contributed by atoms with Crippen LogP contribution < -0.4 is 0 Å². The van der Waals surface area contributed by atoms with Gasteiger partial charge in [-0.3, -0.25) is 4.79 Å². The molecule has 2 aliphatic rings. The highest BCUT2D eigenvalue weighted by molar-refractivity contribution is 6.33. The van der Waals surface area contributed by atoms with Crippen LogP contribution in [-0.4, -0.2) is 45.7 Å². The van der Waals surface area contributed by atoms with Crippen LogP contribution in [0.3, 0.4) is 0 Å². The van der Waals surface area contributed by atoms with E-state index >= 15 is 0 Å². The van der Waals surface area contributed by atoms with Crippen molar-refractivity contribution >= 4 is 35.0 Å². The van der Waals surface area contributed by atoms with Crippen LogP contribution in [0.1, 0.15) is 48.5 Å². The minimum atomic E-state index is -0.807. The number of ether oxygens (including phenoxy) is 2. The SMILES string of the molecule is C[C@@H]1C[C@H]2O[C@@H](CC[C@H]2Cl)CC(=O)Cc2c(Cl)c(O)cc(O)c2C(=O)O1. The number of Topliss-reactive ketones (excluding diaryl/α,β-unsaturated/α-hetero) is 1. The lowest BCUT2D eigenvalue weighted by atomic mass is 9.93. The first-order chi connectivity index (χ1) is 12.3. The fourth-order valence-corrected chi connectivity index (χ4v) is 4.01. The fraction of sp³-hybridized carbons (Fsp3) is 0.556. The number of rotatable bonds is 0. The van der Waals surface area contributed by atoms with E-state index in [2.05, 4.69) is 0 Å². The van der Waals surface area contributed by atoms with Gasteiger partial charge >= 0.3 is 5.97 Å². The summed E-state index contributed by atoms with van der Waals surface area (Å²) in [6.07, 6.45) is 0.596. The van der Waals surface area contributed by atoms with Gasteiger partial charge in [0.15, 0.2) is 0 Å². The van der Waals surface area contributed by atoms with Crippen LogP contribution in [0, 0.1) is 0 Å². The quantitative estimate of drug-likeness (QED) is 0.510. The third kappa shape index (κ3) is 3.92. The molecule has 1 aromatic rings. The van der Waals surface area contributed by atoms with Crippen LogP contribution in [-0.2, 0) is 20.7 Å². The van der Waals surface area contributed by atoms with E-state index in [1.807, 2.05) is 0 Å². The number of phenolic OH excluding ortho intramolecular Hbond substituents is 2. The lowest BCUT2D eigenvalue weighted by Crippen LogP contribution is -2.40. The second kappa shape index (κ2) is 7.62. The van der Waals surface area contributed by atoms with E-state index in [9.17, 15) is 19.8 Å². The molecule has 2 aliphatic heterocycles. The van der Waals surface area contributed by atoms with Gasteiger partial charge in [0, 0.05) is 30.9 Å². The van der Waals surface area contributed by atoms with Gasteiger partial charge in [0.1, 0.15) is 28.9 Å². The van der Waals surface area contributed by atoms with Crippen molar-refractivity contribution in [3.63, 3.8) is 0 Å². The summed E-state index contributed by atoms with van der Waals surface area (Å²) in [6.45, 7) is 1.71. The van der Waals surface area contributed by atoms with Gasteiger partial charge in [-0.05, 0) is 19.8 Å². The van der Waals surface area contributed by atoms with Crippen molar-refractivity contribution in [1.82, 2.24) is 0 Å². The largest absolute Gasteiger partial charge is 0.507 e. The Morgan fingerprint density at radius 3 is 2.65 bits per heavy atom. The second-order valence-corrected chi connectivity index (χ2v) is 7.78. The molecule has 1 fully saturated rings. The molecule has 0 spiro atoms. The Kier molecular flexibility index (Phi) is 5.65. The zero-order valence-electron chi connectivity index (χ0n) is 14.2. The number of cyclic esters (lactones) is 1. The molecule has 0 aliphatic carbocycles. The summed E-state index contributed by atoms with van der Waals surface area (Å²) in [5.74, 6) is -1.90. The van der Waals surface area contributed by atoms with Crippen LogP contribution in [0.2, 0.25) is 5.02 Å². The first-order valence-corrected chi connectivity index (χ1v) is 9.33. The molecule has 0 aromatic heterocycles. The summed E-state index contributed by atoms with van der Waals surface area (Å²) in [4.78, 5) is 25.1. The third-order valence-electron chi connectivity index (χ3n) is 4.76. The van der Waals surface area contributed by atoms with Gasteiger partial charge in [-0.2, -0.15) is 0 Å². The van der Waals surface area contributed by atoms with Crippen LogP contribution in [0.25, 0.3) is 0 Å². The van der Waals surface area contributed by atoms with Crippen molar-refractivity contribution in [2.75, 3.05) is 0 Å². The summed E-state index contributed by atoms with van der Waals surface area (Å²) in [5.41, 5.74) is -0.128. The van der Waals surface area contributed by atoms with E-state index in [0.717, 1.165) is 6.07 Å². The van der Waals surface area contributed by atoms with Gasteiger partial charge in [0.25, 0.3) is 0 Å². The van der Waals surface area contributed by atoms with Crippen molar-refractivity contribution in [2.45, 2.75) is 62.7 Å². The molecule has 0 amide bonds. The maximum absolute atomic E-state index is 12.6. The molecule has 0 saturated carbocycles. The number of hydrogen-bond acceptors (Lipinski definition) is 6. The molecule has 6 nitrogen and oxygen atoms in total. The Hall–Kier alpha value is -1.50. The Morgan fingerprint density at radius 2 is 1.92 bits per heavy atom. The van der Waals surface area contributed by atoms with E-state index in [1.165, 1.54) is 0 Å². The molecule has 0 radical (unpaired) electrons. The van der Waals surface area contributed by atoms with Gasteiger partial charge in [0.05, 0.1) is 22.6 Å². The molecule has 1 saturated heterocycles. The van der Waals surface area contributed by atoms with Gasteiger partial charge in [-0.25, -0.2) is 4.79 Å². The minimum Gasteiger partial charge on any atom is -0.507 e. The standard InChI is InChI=1S/C18H20Cl2O6/c1-8-4-15-12(19)3-2-10(26-15)5-9(21)6-11-16(18(24)25-8)13(22)7-14(23)17(11)20/h7-8,10,12,15,22-23H,2-6H2,1H3/t8-,10+,12-,15-/m1/s1. The van der Waals surface area contributed by atoms with Crippen LogP contribution in [0.5, 0.6) is 11.5 Å². The zero-order chi connectivity index (χ0) is 19.0. The normalized spacial score (nSPS) is 30.0. The number of carbonyl (C=O) groups excluding carboxylic acids is 2. The molecular weight excluding hydrogens is 383 g/mol. The number of benzene rings is 1. The van der Waals surface area contributed by atoms with E-state index in [4.69, 9.17) is 32.7 Å². The first-order valence-electron chi connectivity index (χ1n) is 8.51. The lowest BCUT2D eigenvalue weighted by molar-refractivity contribution is -0.125. The average Bonchev–Trinajstić information content (AvgIpc) is 2.54. The number of phenols is 2. The number of esters is 1. The van der Waals surface area contributed by atoms with Gasteiger partial charge < -0.3 is 19.7 Å². The highest BCUT2D eigenvalue weighted by Crippen LogP contribution is 2.38. The van der Waals surface area contributed by atoms with Crippen molar-refractivity contribution in [3.8, 4) is 11.5 Å². The van der Waals surface area contributed by atoms with Crippen molar-refractivity contribution in [1.29, 1.82) is 0 Å². The Balaban J connectivity index is 2.01. The number of carbonyl (C=O) groups is 2. The number of halogens is 2. The number of alkyl halides is 1. The molecule has 1 aromatic carbocycles. The molecule has 2 N–H and O–H groups in total. The Labute approximate surface area is 161 Å². The van der Waals surface area contributed by atoms with Crippen LogP contribution in [0.15, 0.2) is 6.07 Å². The Bertz CT molecular complexity index is 735. The summed E-state index contributed by atoms with van der Waals surface area (Å²) in [5, 5.41) is 19.6. The molecule has 8 heteroatoms. The first kappa shape index (κ1) is 19.3. The van der Waals surface area contributed by atoms with Gasteiger partial charge in [-0.1, -0.05) is 11.6 Å². The third-order valence-corrected chi connectivity index (χ3v) is 5.68. The number of aromatic hydroxyl groups is 2. The summed E-state index contributed by atoms with van der Waals surface area (Å²) < 4.78 is 11.3. The van der Waals surface area contributed by atoms with Gasteiger partial charge in [0.2, 0.25) is 0 Å². The van der Waals surface area contributed by atoms with E-state index < -0.39 is 23.6 Å². The number of fused-ring (bicyclic) bond motifs is 3. The molecule has 2 bridgehead atoms. The zero-order valence-corrected chi connectivity index (χ0v) is 15.7. The second-order valence-electron chi connectivity index (χ2n) is 6.84. The van der Waals surface area contributed by atoms with E-state index in [0.29, 0.717) is 19.3 Å². The summed E-state index contributed by atoms with van der Waals surface area (Å²) in [6, 6.07) is 0.968. The molecule has 26 heavy (non-hydrogen) atoms. The topological polar surface area (TPSA) is 93.1 Å². The maximum atomic E-state index is 12.6. The monoisotopic (exact) mass is 402 g/mol. The lowest BCUT2D eigenvalue weighted by Gasteiger charge is -2.35. The predicted molar refractivity (Wildman–Crippen MR) is 95.1 cm³/mol. The highest BCUT2D eigenvalue weighted by Gasteiger charge is 2.35. The van der Waals surface area contributed by atoms with Crippen LogP contribution >= 0.6 is 23.2 Å². The molecule has 142 valence electrons. The average molecular weight is 403 g/mol. The highest BCUT2D eigenvalue weighted by atomic mass is 35.5. The Morgan fingerprint density at radius 1 is 1.19 bits per heavy atom. The predicted octanol–water partition coefficient (Wildman–Crippen LogP) is 3.36. The van der Waals surface area contributed by atoms with Crippen molar-refractivity contribution in [3.05, 3.63) is 22.2 Å². The van der Waals surface area contributed by atoms with Crippen molar-refractivity contribution < 1.29 is 29.3 Å². The number of hydrogen-bond donors (Lipinski definition) is 2. The van der Waals surface area contributed by atoms with Gasteiger partial charge in [-0.15, -0.1) is 11.6 Å². The van der Waals surface area contributed by atoms with Crippen LogP contribution in [0.4, 0.5) is 0 Å². The van der Waals surface area contributed by atoms with Crippen molar-refractivity contribution in [2.24, 2.45) is 0 Å². The summed E-state index contributed by atoms with van der Waals surface area (Å²) >= 11 is 12.4. The van der Waals surface area contributed by atoms with E-state index in [1.54, 1.807) is 6.92 Å². The fourth-order valence-electron chi connectivity index (χ4n) is 3.50. The minimum absolute atomic E-state index is 0.0644. The molecule has 3 rings (SSSR count). The molecular formula is C18H20Cl2O6. The molecule has 2 heterocycles. The van der Waals surface area contributed by atoms with E-state index in [-0.39, 0.29) is 52.4 Å². The maximum Gasteiger partial charge on any atom is 0.342 e. The molecule has 0 unspecified atom stereocenters. The smallest absolute Gasteiger partial charge is 0.342 e. The number of ketones is 1.